The molecule has 58 valence electrons. The second kappa shape index (κ2) is 4.14. The maximum atomic E-state index is 12.4. The van der Waals surface area contributed by atoms with Crippen molar-refractivity contribution in [2.24, 2.45) is 5.92 Å². The van der Waals surface area contributed by atoms with Crippen LogP contribution in [0.25, 0.3) is 0 Å². The van der Waals surface area contributed by atoms with Crippen LogP contribution in [0.15, 0.2) is 0 Å². The fraction of sp³-hybridized carbons (Fsp3) is 0.714. The monoisotopic (exact) mass is 145 g/mol. The maximum Gasteiger partial charge on any atom is 0.163 e. The lowest BCUT2D eigenvalue weighted by Gasteiger charge is -2.09. The highest BCUT2D eigenvalue weighted by Gasteiger charge is 2.11. The Labute approximate surface area is 59.9 Å². The molecule has 0 bridgehead atoms. The molecule has 0 amide bonds. The van der Waals surface area contributed by atoms with Crippen molar-refractivity contribution in [3.63, 3.8) is 0 Å². The quantitative estimate of drug-likeness (QED) is 0.473. The van der Waals surface area contributed by atoms with E-state index in [1.54, 1.807) is 6.92 Å². The van der Waals surface area contributed by atoms with E-state index in [2.05, 4.69) is 0 Å². The summed E-state index contributed by atoms with van der Waals surface area (Å²) in [6, 6.07) is 0. The smallest absolute Gasteiger partial charge is 0.163 e. The van der Waals surface area contributed by atoms with Crippen LogP contribution in [0, 0.1) is 11.3 Å². The number of halogens is 1. The lowest BCUT2D eigenvalue weighted by Crippen LogP contribution is -2.13. The van der Waals surface area contributed by atoms with Crippen molar-refractivity contribution < 1.29 is 9.18 Å². The molecule has 1 unspecified atom stereocenters. The molecule has 2 nitrogen and oxygen atoms in total. The number of alkyl halides is 1. The Morgan fingerprint density at radius 2 is 2.20 bits per heavy atom. The van der Waals surface area contributed by atoms with E-state index < -0.39 is 6.17 Å². The first-order valence-electron chi connectivity index (χ1n) is 3.24. The van der Waals surface area contributed by atoms with Gasteiger partial charge in [-0.3, -0.25) is 4.79 Å². The molecule has 0 fully saturated rings. The minimum absolute atomic E-state index is 0.0306. The van der Waals surface area contributed by atoms with Gasteiger partial charge in [-0.15, -0.1) is 0 Å². The van der Waals surface area contributed by atoms with Crippen molar-refractivity contribution in [2.75, 3.05) is 0 Å². The fourth-order valence-electron chi connectivity index (χ4n) is 0.557. The van der Waals surface area contributed by atoms with Crippen LogP contribution in [0.4, 0.5) is 4.39 Å². The van der Waals surface area contributed by atoms with Crippen LogP contribution in [-0.2, 0) is 4.79 Å². The fourth-order valence-corrected chi connectivity index (χ4v) is 0.557. The Kier molecular flexibility index (Phi) is 3.84. The first-order chi connectivity index (χ1) is 4.57. The predicted molar refractivity (Wildman–Crippen MR) is 38.1 cm³/mol. The average Bonchev–Trinajstić information content (AvgIpc) is 1.87. The number of carbonyl (C=O) groups excluding carboxylic acids is 1. The van der Waals surface area contributed by atoms with Crippen molar-refractivity contribution in [3.05, 3.63) is 0 Å². The molecule has 0 aromatic carbocycles. The van der Waals surface area contributed by atoms with Gasteiger partial charge in [0.05, 0.1) is 5.71 Å². The van der Waals surface area contributed by atoms with E-state index in [0.717, 1.165) is 0 Å². The summed E-state index contributed by atoms with van der Waals surface area (Å²) in [5.74, 6) is -0.224. The molecule has 1 N–H and O–H groups in total. The van der Waals surface area contributed by atoms with Gasteiger partial charge in [-0.25, -0.2) is 4.39 Å². The Morgan fingerprint density at radius 3 is 2.50 bits per heavy atom. The number of rotatable bonds is 4. The van der Waals surface area contributed by atoms with E-state index in [0.29, 0.717) is 6.29 Å². The van der Waals surface area contributed by atoms with Gasteiger partial charge in [0.25, 0.3) is 0 Å². The third-order valence-corrected chi connectivity index (χ3v) is 1.47. The van der Waals surface area contributed by atoms with Gasteiger partial charge in [0, 0.05) is 0 Å². The molecule has 0 aromatic rings. The molecule has 10 heavy (non-hydrogen) atoms. The van der Waals surface area contributed by atoms with Gasteiger partial charge in [-0.2, -0.15) is 0 Å². The van der Waals surface area contributed by atoms with Crippen LogP contribution >= 0.6 is 0 Å². The minimum Gasteiger partial charge on any atom is -0.302 e. The maximum absolute atomic E-state index is 12.4. The third-order valence-electron chi connectivity index (χ3n) is 1.47. The molecular formula is C7H12FNO. The summed E-state index contributed by atoms with van der Waals surface area (Å²) in [6.07, 6.45) is -0.250. The first-order valence-corrected chi connectivity index (χ1v) is 3.24. The standard InChI is InChI=1S/C7H12FNO/c1-5(6(2)8)3-7(9)4-10/h4-6,9H,3H2,1-2H3/t5?,6-/m0/s1. The topological polar surface area (TPSA) is 40.9 Å². The molecule has 0 aliphatic rings. The highest BCUT2D eigenvalue weighted by molar-refractivity contribution is 6.26. The molecule has 0 aromatic heterocycles. The highest BCUT2D eigenvalue weighted by atomic mass is 19.1. The van der Waals surface area contributed by atoms with Gasteiger partial charge in [-0.05, 0) is 19.3 Å². The zero-order chi connectivity index (χ0) is 8.15. The molecule has 0 radical (unpaired) electrons. The number of hydrogen-bond acceptors (Lipinski definition) is 2. The van der Waals surface area contributed by atoms with E-state index in [1.807, 2.05) is 0 Å². The SMILES string of the molecule is CC(CC(=N)C=O)[C@H](C)F. The Balaban J connectivity index is 3.67. The molecule has 0 spiro atoms. The van der Waals surface area contributed by atoms with Crippen LogP contribution in [0.3, 0.4) is 0 Å². The Bertz CT molecular complexity index is 134. The molecule has 0 rings (SSSR count). The van der Waals surface area contributed by atoms with E-state index in [-0.39, 0.29) is 18.1 Å². The van der Waals surface area contributed by atoms with E-state index in [9.17, 15) is 9.18 Å². The molecule has 0 aliphatic carbocycles. The lowest BCUT2D eigenvalue weighted by molar-refractivity contribution is -0.102. The van der Waals surface area contributed by atoms with Crippen LogP contribution < -0.4 is 0 Å². The van der Waals surface area contributed by atoms with Crippen LogP contribution in [-0.4, -0.2) is 18.2 Å². The normalized spacial score (nSPS) is 15.9. The van der Waals surface area contributed by atoms with Crippen molar-refractivity contribution >= 4 is 12.0 Å². The van der Waals surface area contributed by atoms with Gasteiger partial charge in [0.1, 0.15) is 6.17 Å². The summed E-state index contributed by atoms with van der Waals surface area (Å²) in [5.41, 5.74) is -0.0306. The summed E-state index contributed by atoms with van der Waals surface area (Å²) >= 11 is 0. The molecule has 3 heteroatoms. The van der Waals surface area contributed by atoms with Crippen molar-refractivity contribution in [1.29, 1.82) is 5.41 Å². The molecule has 2 atom stereocenters. The predicted octanol–water partition coefficient (Wildman–Crippen LogP) is 1.59. The van der Waals surface area contributed by atoms with Crippen LogP contribution in [0.1, 0.15) is 20.3 Å². The number of hydrogen-bond donors (Lipinski definition) is 1. The second-order valence-corrected chi connectivity index (χ2v) is 2.50. The van der Waals surface area contributed by atoms with Crippen LogP contribution in [0.5, 0.6) is 0 Å². The van der Waals surface area contributed by atoms with Crippen LogP contribution in [0.2, 0.25) is 0 Å². The van der Waals surface area contributed by atoms with E-state index in [1.165, 1.54) is 6.92 Å². The van der Waals surface area contributed by atoms with E-state index >= 15 is 0 Å². The Hall–Kier alpha value is -0.730. The second-order valence-electron chi connectivity index (χ2n) is 2.50. The minimum atomic E-state index is -0.944. The lowest BCUT2D eigenvalue weighted by atomic mass is 10.0. The van der Waals surface area contributed by atoms with Crippen molar-refractivity contribution in [1.82, 2.24) is 0 Å². The zero-order valence-electron chi connectivity index (χ0n) is 6.23. The largest absolute Gasteiger partial charge is 0.302 e. The van der Waals surface area contributed by atoms with Gasteiger partial charge >= 0.3 is 0 Å². The molecule has 0 aliphatic heterocycles. The number of aldehydes is 1. The molecule has 0 saturated carbocycles. The molecule has 0 heterocycles. The zero-order valence-corrected chi connectivity index (χ0v) is 6.23. The summed E-state index contributed by atoms with van der Waals surface area (Å²) in [4.78, 5) is 9.92. The summed E-state index contributed by atoms with van der Waals surface area (Å²) in [6.45, 7) is 3.12. The number of nitrogens with one attached hydrogen (secondary N) is 1. The summed E-state index contributed by atoms with van der Waals surface area (Å²) in [5, 5.41) is 6.93. The Morgan fingerprint density at radius 1 is 1.70 bits per heavy atom. The summed E-state index contributed by atoms with van der Waals surface area (Å²) < 4.78 is 12.4. The first kappa shape index (κ1) is 9.27. The number of carbonyl (C=O) groups is 1. The van der Waals surface area contributed by atoms with Gasteiger partial charge in [0.15, 0.2) is 6.29 Å². The van der Waals surface area contributed by atoms with E-state index in [4.69, 9.17) is 5.41 Å². The van der Waals surface area contributed by atoms with Gasteiger partial charge in [0.2, 0.25) is 0 Å². The summed E-state index contributed by atoms with van der Waals surface area (Å²) in [7, 11) is 0. The van der Waals surface area contributed by atoms with Gasteiger partial charge in [-0.1, -0.05) is 6.92 Å². The average molecular weight is 145 g/mol. The van der Waals surface area contributed by atoms with Crippen molar-refractivity contribution in [2.45, 2.75) is 26.4 Å². The van der Waals surface area contributed by atoms with Crippen molar-refractivity contribution in [3.8, 4) is 0 Å². The highest BCUT2D eigenvalue weighted by Crippen LogP contribution is 2.10. The molecular weight excluding hydrogens is 133 g/mol. The molecule has 0 saturated heterocycles. The third kappa shape index (κ3) is 3.33. The van der Waals surface area contributed by atoms with Gasteiger partial charge < -0.3 is 5.41 Å².